The molecule has 1 N–H and O–H groups in total. The van der Waals surface area contributed by atoms with Crippen molar-refractivity contribution in [3.05, 3.63) is 55.4 Å². The van der Waals surface area contributed by atoms with Gasteiger partial charge in [-0.25, -0.2) is 9.37 Å². The molecule has 25 heavy (non-hydrogen) atoms. The predicted molar refractivity (Wildman–Crippen MR) is 102 cm³/mol. The summed E-state index contributed by atoms with van der Waals surface area (Å²) in [6.45, 7) is 2.24. The molecule has 0 saturated carbocycles. The third-order valence-electron chi connectivity index (χ3n) is 4.56. The molecule has 0 saturated heterocycles. The molecule has 2 heterocycles. The van der Waals surface area contributed by atoms with Crippen LogP contribution in [-0.4, -0.2) is 9.97 Å². The van der Waals surface area contributed by atoms with Gasteiger partial charge in [-0.15, -0.1) is 11.3 Å². The lowest BCUT2D eigenvalue weighted by Gasteiger charge is -2.17. The van der Waals surface area contributed by atoms with E-state index in [0.717, 1.165) is 29.5 Å². The number of aromatic amines is 1. The Bertz CT molecular complexity index is 994. The van der Waals surface area contributed by atoms with Crippen LogP contribution in [-0.2, 0) is 18.6 Å². The summed E-state index contributed by atoms with van der Waals surface area (Å²) in [5.74, 6) is 0.628. The first-order valence-electron chi connectivity index (χ1n) is 8.13. The molecule has 1 atom stereocenters. The van der Waals surface area contributed by atoms with Gasteiger partial charge in [-0.05, 0) is 42.9 Å². The highest BCUT2D eigenvalue weighted by Gasteiger charge is 2.23. The van der Waals surface area contributed by atoms with E-state index in [1.165, 1.54) is 28.3 Å². The minimum Gasteiger partial charge on any atom is -0.301 e. The molecule has 4 rings (SSSR count). The second-order valence-electron chi connectivity index (χ2n) is 6.39. The fourth-order valence-electron chi connectivity index (χ4n) is 3.21. The molecule has 7 heteroatoms. The van der Waals surface area contributed by atoms with Crippen LogP contribution in [0, 0.1) is 11.7 Å². The molecule has 3 nitrogen and oxygen atoms in total. The molecule has 1 aliphatic rings. The second-order valence-corrected chi connectivity index (χ2v) is 8.85. The van der Waals surface area contributed by atoms with Crippen molar-refractivity contribution in [2.24, 2.45) is 5.92 Å². The van der Waals surface area contributed by atoms with Crippen molar-refractivity contribution in [2.45, 2.75) is 37.1 Å². The minimum absolute atomic E-state index is 0.0980. The monoisotopic (exact) mass is 394 g/mol. The smallest absolute Gasteiger partial charge is 0.260 e. The molecule has 0 amide bonds. The molecule has 0 bridgehead atoms. The average Bonchev–Trinajstić information content (AvgIpc) is 2.92. The van der Waals surface area contributed by atoms with Gasteiger partial charge in [-0.3, -0.25) is 4.79 Å². The molecule has 1 aliphatic carbocycles. The molecular formula is C18H16ClFN2OS2. The number of fused-ring (bicyclic) bond motifs is 3. The molecule has 0 fully saturated rings. The van der Waals surface area contributed by atoms with Gasteiger partial charge >= 0.3 is 0 Å². The number of aryl methyl sites for hydroxylation is 1. The van der Waals surface area contributed by atoms with Crippen LogP contribution >= 0.6 is 34.7 Å². The highest BCUT2D eigenvalue weighted by atomic mass is 35.5. The lowest BCUT2D eigenvalue weighted by Crippen LogP contribution is -2.13. The number of rotatable bonds is 3. The number of hydrogen-bond acceptors (Lipinski definition) is 4. The third-order valence-corrected chi connectivity index (χ3v) is 6.96. The summed E-state index contributed by atoms with van der Waals surface area (Å²) < 4.78 is 13.9. The molecule has 3 aromatic rings. The van der Waals surface area contributed by atoms with Gasteiger partial charge < -0.3 is 4.98 Å². The maximum absolute atomic E-state index is 13.9. The summed E-state index contributed by atoms with van der Waals surface area (Å²) in [5, 5.41) is 1.63. The van der Waals surface area contributed by atoms with E-state index in [4.69, 9.17) is 11.6 Å². The number of hydrogen-bond donors (Lipinski definition) is 1. The maximum Gasteiger partial charge on any atom is 0.260 e. The Morgan fingerprint density at radius 3 is 3.12 bits per heavy atom. The lowest BCUT2D eigenvalue weighted by molar-refractivity contribution is 0.509. The maximum atomic E-state index is 13.9. The Kier molecular flexibility index (Phi) is 4.60. The lowest BCUT2D eigenvalue weighted by atomic mass is 9.89. The van der Waals surface area contributed by atoms with E-state index in [-0.39, 0.29) is 11.4 Å². The van der Waals surface area contributed by atoms with Gasteiger partial charge in [0.25, 0.3) is 5.56 Å². The standard InChI is InChI=1S/C18H16ClFN2OS2/c1-9-5-6-10-14(7-9)25-17-15(10)16(23)21-18(22-17)24-8-11-12(19)3-2-4-13(11)20/h2-4,9H,5-8H2,1H3,(H,21,22,23). The van der Waals surface area contributed by atoms with E-state index < -0.39 is 0 Å². The van der Waals surface area contributed by atoms with Crippen molar-refractivity contribution in [1.82, 2.24) is 9.97 Å². The first-order chi connectivity index (χ1) is 12.0. The van der Waals surface area contributed by atoms with Crippen LogP contribution < -0.4 is 5.56 Å². The topological polar surface area (TPSA) is 45.8 Å². The summed E-state index contributed by atoms with van der Waals surface area (Å²) in [6.07, 6.45) is 3.07. The Labute approximate surface area is 157 Å². The molecule has 1 unspecified atom stereocenters. The van der Waals surface area contributed by atoms with E-state index in [1.54, 1.807) is 23.5 Å². The normalized spacial score (nSPS) is 17.0. The van der Waals surface area contributed by atoms with Crippen LogP contribution in [0.2, 0.25) is 5.02 Å². The van der Waals surface area contributed by atoms with Gasteiger partial charge in [0.15, 0.2) is 5.16 Å². The van der Waals surface area contributed by atoms with Crippen LogP contribution in [0.4, 0.5) is 4.39 Å². The summed E-state index contributed by atoms with van der Waals surface area (Å²) in [6, 6.07) is 4.62. The van der Waals surface area contributed by atoms with Gasteiger partial charge in [-0.2, -0.15) is 0 Å². The Morgan fingerprint density at radius 1 is 1.48 bits per heavy atom. The Hall–Kier alpha value is -1.37. The second kappa shape index (κ2) is 6.74. The zero-order valence-corrected chi connectivity index (χ0v) is 16.0. The SMILES string of the molecule is CC1CCc2c(sc3nc(SCc4c(F)cccc4Cl)[nH]c(=O)c23)C1. The molecule has 0 spiro atoms. The fourth-order valence-corrected chi connectivity index (χ4v) is 5.85. The number of thiophene rings is 1. The molecule has 1 aromatic carbocycles. The summed E-state index contributed by atoms with van der Waals surface area (Å²) in [7, 11) is 0. The van der Waals surface area contributed by atoms with Gasteiger partial charge in [0.1, 0.15) is 10.6 Å². The number of nitrogens with one attached hydrogen (secondary N) is 1. The van der Waals surface area contributed by atoms with E-state index in [9.17, 15) is 9.18 Å². The first kappa shape index (κ1) is 17.1. The van der Waals surface area contributed by atoms with Gasteiger partial charge in [0.2, 0.25) is 0 Å². The third kappa shape index (κ3) is 3.23. The molecule has 2 aromatic heterocycles. The zero-order valence-electron chi connectivity index (χ0n) is 13.6. The van der Waals surface area contributed by atoms with Crippen molar-refractivity contribution >= 4 is 44.9 Å². The molecule has 0 aliphatic heterocycles. The summed E-state index contributed by atoms with van der Waals surface area (Å²) >= 11 is 8.97. The van der Waals surface area contributed by atoms with Crippen molar-refractivity contribution in [3.63, 3.8) is 0 Å². The predicted octanol–water partition coefficient (Wildman–Crippen LogP) is 5.19. The number of thioether (sulfide) groups is 1. The quantitative estimate of drug-likeness (QED) is 0.491. The number of aromatic nitrogens is 2. The van der Waals surface area contributed by atoms with Crippen LogP contribution in [0.25, 0.3) is 10.2 Å². The van der Waals surface area contributed by atoms with Crippen molar-refractivity contribution in [3.8, 4) is 0 Å². The number of H-pyrrole nitrogens is 1. The molecule has 130 valence electrons. The largest absolute Gasteiger partial charge is 0.301 e. The Morgan fingerprint density at radius 2 is 2.32 bits per heavy atom. The first-order valence-corrected chi connectivity index (χ1v) is 10.3. The fraction of sp³-hybridized carbons (Fsp3) is 0.333. The van der Waals surface area contributed by atoms with Crippen LogP contribution in [0.3, 0.4) is 0 Å². The summed E-state index contributed by atoms with van der Waals surface area (Å²) in [5.41, 5.74) is 1.50. The zero-order chi connectivity index (χ0) is 17.6. The van der Waals surface area contributed by atoms with Crippen LogP contribution in [0.5, 0.6) is 0 Å². The highest BCUT2D eigenvalue weighted by molar-refractivity contribution is 7.98. The number of nitrogens with zero attached hydrogens (tertiary/aromatic N) is 1. The highest BCUT2D eigenvalue weighted by Crippen LogP contribution is 2.36. The van der Waals surface area contributed by atoms with E-state index in [0.29, 0.717) is 27.4 Å². The molecule has 0 radical (unpaired) electrons. The van der Waals surface area contributed by atoms with E-state index >= 15 is 0 Å². The minimum atomic E-state index is -0.344. The van der Waals surface area contributed by atoms with Gasteiger partial charge in [0.05, 0.1) is 5.39 Å². The van der Waals surface area contributed by atoms with Crippen LogP contribution in [0.1, 0.15) is 29.3 Å². The van der Waals surface area contributed by atoms with Gasteiger partial charge in [-0.1, -0.05) is 36.4 Å². The van der Waals surface area contributed by atoms with Gasteiger partial charge in [0, 0.05) is 21.2 Å². The molecular weight excluding hydrogens is 379 g/mol. The average molecular weight is 395 g/mol. The van der Waals surface area contributed by atoms with E-state index in [2.05, 4.69) is 16.9 Å². The van der Waals surface area contributed by atoms with Crippen molar-refractivity contribution < 1.29 is 4.39 Å². The number of halogens is 2. The van der Waals surface area contributed by atoms with Crippen molar-refractivity contribution in [2.75, 3.05) is 0 Å². The van der Waals surface area contributed by atoms with Crippen LogP contribution in [0.15, 0.2) is 28.2 Å². The Balaban J connectivity index is 1.66. The van der Waals surface area contributed by atoms with E-state index in [1.807, 2.05) is 0 Å². The van der Waals surface area contributed by atoms with Crippen molar-refractivity contribution in [1.29, 1.82) is 0 Å². The number of benzene rings is 1. The summed E-state index contributed by atoms with van der Waals surface area (Å²) in [4.78, 5) is 22.1.